The van der Waals surface area contributed by atoms with Crippen LogP contribution in [0.15, 0.2) is 4.47 Å². The molecule has 2 rings (SSSR count). The van der Waals surface area contributed by atoms with Crippen molar-refractivity contribution in [2.75, 3.05) is 0 Å². The van der Waals surface area contributed by atoms with Crippen LogP contribution < -0.4 is 0 Å². The smallest absolute Gasteiger partial charge is 0.0738 e. The number of hydrogen-bond acceptors (Lipinski definition) is 1. The van der Waals surface area contributed by atoms with E-state index in [-0.39, 0.29) is 0 Å². The van der Waals surface area contributed by atoms with Crippen molar-refractivity contribution in [1.29, 1.82) is 0 Å². The maximum absolute atomic E-state index is 4.51. The predicted molar refractivity (Wildman–Crippen MR) is 87.7 cm³/mol. The molecule has 0 amide bonds. The summed E-state index contributed by atoms with van der Waals surface area (Å²) in [5.74, 6) is 2.42. The summed E-state index contributed by atoms with van der Waals surface area (Å²) >= 11 is 7.59. The van der Waals surface area contributed by atoms with E-state index in [1.165, 1.54) is 29.4 Å². The maximum atomic E-state index is 4.51. The van der Waals surface area contributed by atoms with E-state index in [9.17, 15) is 0 Å². The van der Waals surface area contributed by atoms with Crippen LogP contribution in [0.25, 0.3) is 0 Å². The van der Waals surface area contributed by atoms with Gasteiger partial charge in [0, 0.05) is 11.9 Å². The van der Waals surface area contributed by atoms with Crippen LogP contribution in [0.3, 0.4) is 0 Å². The molecule has 0 radical (unpaired) electrons. The van der Waals surface area contributed by atoms with E-state index < -0.39 is 0 Å². The Balaban J connectivity index is 2.12. The number of rotatable bonds is 3. The molecule has 108 valence electrons. The quantitative estimate of drug-likeness (QED) is 0.672. The fraction of sp³-hybridized carbons (Fsp3) is 0.800. The van der Waals surface area contributed by atoms with Crippen molar-refractivity contribution in [3.63, 3.8) is 0 Å². The largest absolute Gasteiger partial charge is 0.271 e. The molecule has 0 spiro atoms. The van der Waals surface area contributed by atoms with Gasteiger partial charge in [0.25, 0.3) is 0 Å². The summed E-state index contributed by atoms with van der Waals surface area (Å²) in [6.45, 7) is 6.79. The molecule has 1 aliphatic carbocycles. The average Bonchev–Trinajstić information content (AvgIpc) is 2.58. The second-order valence-corrected chi connectivity index (χ2v) is 8.24. The molecule has 3 atom stereocenters. The van der Waals surface area contributed by atoms with E-state index in [2.05, 4.69) is 64.8 Å². The van der Waals surface area contributed by atoms with Crippen LogP contribution in [-0.2, 0) is 13.5 Å². The second kappa shape index (κ2) is 6.30. The van der Waals surface area contributed by atoms with Crippen LogP contribution in [0.2, 0.25) is 0 Å². The van der Waals surface area contributed by atoms with Gasteiger partial charge in [-0.1, -0.05) is 29.8 Å². The normalized spacial score (nSPS) is 28.1. The number of aromatic nitrogens is 2. The summed E-state index contributed by atoms with van der Waals surface area (Å²) in [5.41, 5.74) is 2.44. The molecule has 2 nitrogen and oxygen atoms in total. The first-order valence-electron chi connectivity index (χ1n) is 7.22. The van der Waals surface area contributed by atoms with Crippen molar-refractivity contribution in [3.05, 3.63) is 15.9 Å². The Hall–Kier alpha value is 0.170. The van der Waals surface area contributed by atoms with Gasteiger partial charge in [0.15, 0.2) is 0 Å². The van der Waals surface area contributed by atoms with Gasteiger partial charge in [0.2, 0.25) is 0 Å². The highest BCUT2D eigenvalue weighted by molar-refractivity contribution is 9.10. The Morgan fingerprint density at radius 2 is 2.05 bits per heavy atom. The van der Waals surface area contributed by atoms with E-state index in [0.29, 0.717) is 4.83 Å². The van der Waals surface area contributed by atoms with Gasteiger partial charge in [0.1, 0.15) is 0 Å². The number of halogens is 2. The Kier molecular flexibility index (Phi) is 5.15. The molecule has 0 saturated heterocycles. The van der Waals surface area contributed by atoms with Crippen LogP contribution in [0.1, 0.15) is 44.5 Å². The summed E-state index contributed by atoms with van der Waals surface area (Å²) < 4.78 is 3.24. The summed E-state index contributed by atoms with van der Waals surface area (Å²) in [6, 6.07) is 0. The number of nitrogens with zero attached hydrogens (tertiary/aromatic N) is 2. The van der Waals surface area contributed by atoms with Gasteiger partial charge in [-0.15, -0.1) is 0 Å². The van der Waals surface area contributed by atoms with E-state index in [1.807, 2.05) is 4.68 Å². The lowest BCUT2D eigenvalue weighted by atomic mass is 9.74. The monoisotopic (exact) mass is 390 g/mol. The van der Waals surface area contributed by atoms with E-state index in [0.717, 1.165) is 29.9 Å². The van der Waals surface area contributed by atoms with Crippen molar-refractivity contribution in [1.82, 2.24) is 9.78 Å². The zero-order valence-corrected chi connectivity index (χ0v) is 15.5. The zero-order chi connectivity index (χ0) is 14.2. The summed E-state index contributed by atoms with van der Waals surface area (Å²) in [7, 11) is 2.05. The van der Waals surface area contributed by atoms with Gasteiger partial charge < -0.3 is 0 Å². The van der Waals surface area contributed by atoms with Crippen LogP contribution in [-0.4, -0.2) is 14.6 Å². The molecule has 1 aromatic rings. The van der Waals surface area contributed by atoms with E-state index in [4.69, 9.17) is 0 Å². The molecule has 0 aromatic carbocycles. The zero-order valence-electron chi connectivity index (χ0n) is 12.3. The summed E-state index contributed by atoms with van der Waals surface area (Å²) in [5, 5.41) is 4.51. The molecule has 0 bridgehead atoms. The van der Waals surface area contributed by atoms with Crippen LogP contribution in [0.4, 0.5) is 0 Å². The standard InChI is InChI=1S/C15H24Br2N2/c1-9(2)11-5-6-13(16)12(7-11)8-14-15(17)10(3)18-19(14)4/h9,11-13H,5-8H2,1-4H3. The lowest BCUT2D eigenvalue weighted by Gasteiger charge is -2.35. The van der Waals surface area contributed by atoms with Gasteiger partial charge in [0.05, 0.1) is 15.9 Å². The highest BCUT2D eigenvalue weighted by Gasteiger charge is 2.31. The third-order valence-corrected chi connectivity index (χ3v) is 6.83. The SMILES string of the molecule is Cc1nn(C)c(CC2CC(C(C)C)CCC2Br)c1Br. The molecule has 1 fully saturated rings. The topological polar surface area (TPSA) is 17.8 Å². The van der Waals surface area contributed by atoms with Crippen LogP contribution >= 0.6 is 31.9 Å². The van der Waals surface area contributed by atoms with Crippen molar-refractivity contribution >= 4 is 31.9 Å². The first-order chi connectivity index (χ1) is 8.90. The Morgan fingerprint density at radius 3 is 2.58 bits per heavy atom. The van der Waals surface area contributed by atoms with Crippen molar-refractivity contribution < 1.29 is 0 Å². The number of alkyl halides is 1. The molecular formula is C15H24Br2N2. The molecule has 1 aromatic heterocycles. The minimum atomic E-state index is 0.657. The third kappa shape index (κ3) is 3.44. The van der Waals surface area contributed by atoms with Gasteiger partial charge in [-0.05, 0) is 66.3 Å². The van der Waals surface area contributed by atoms with E-state index >= 15 is 0 Å². The Labute approximate surface area is 133 Å². The highest BCUT2D eigenvalue weighted by atomic mass is 79.9. The lowest BCUT2D eigenvalue weighted by Crippen LogP contribution is -2.29. The first-order valence-corrected chi connectivity index (χ1v) is 8.93. The first kappa shape index (κ1) is 15.6. The minimum Gasteiger partial charge on any atom is -0.271 e. The lowest BCUT2D eigenvalue weighted by molar-refractivity contribution is 0.221. The molecular weight excluding hydrogens is 368 g/mol. The number of aryl methyl sites for hydroxylation is 2. The molecule has 0 N–H and O–H groups in total. The molecule has 1 heterocycles. The average molecular weight is 392 g/mol. The van der Waals surface area contributed by atoms with Crippen LogP contribution in [0, 0.1) is 24.7 Å². The summed E-state index contributed by atoms with van der Waals surface area (Å²) in [6.07, 6.45) is 5.14. The summed E-state index contributed by atoms with van der Waals surface area (Å²) in [4.78, 5) is 0.657. The van der Waals surface area contributed by atoms with Gasteiger partial charge in [-0.3, -0.25) is 4.68 Å². The van der Waals surface area contributed by atoms with Crippen LogP contribution in [0.5, 0.6) is 0 Å². The van der Waals surface area contributed by atoms with E-state index in [1.54, 1.807) is 0 Å². The van der Waals surface area contributed by atoms with Crippen molar-refractivity contribution in [2.45, 2.75) is 51.3 Å². The second-order valence-electron chi connectivity index (χ2n) is 6.27. The molecule has 1 aliphatic rings. The molecule has 4 heteroatoms. The highest BCUT2D eigenvalue weighted by Crippen LogP contribution is 2.39. The Bertz CT molecular complexity index is 440. The van der Waals surface area contributed by atoms with Crippen molar-refractivity contribution in [3.8, 4) is 0 Å². The molecule has 0 aliphatic heterocycles. The Morgan fingerprint density at radius 1 is 1.37 bits per heavy atom. The van der Waals surface area contributed by atoms with Gasteiger partial charge >= 0.3 is 0 Å². The fourth-order valence-electron chi connectivity index (χ4n) is 3.23. The predicted octanol–water partition coefficient (Wildman–Crippen LogP) is 4.87. The third-order valence-electron chi connectivity index (χ3n) is 4.59. The minimum absolute atomic E-state index is 0.657. The molecule has 3 unspecified atom stereocenters. The maximum Gasteiger partial charge on any atom is 0.0738 e. The molecule has 1 saturated carbocycles. The van der Waals surface area contributed by atoms with Gasteiger partial charge in [-0.2, -0.15) is 5.10 Å². The molecule has 19 heavy (non-hydrogen) atoms. The van der Waals surface area contributed by atoms with Crippen molar-refractivity contribution in [2.24, 2.45) is 24.8 Å². The fourth-order valence-corrected chi connectivity index (χ4v) is 4.40. The van der Waals surface area contributed by atoms with Gasteiger partial charge in [-0.25, -0.2) is 0 Å². The number of hydrogen-bond donors (Lipinski definition) is 0.